The summed E-state index contributed by atoms with van der Waals surface area (Å²) in [6.45, 7) is 4.59. The number of nitro groups is 1. The van der Waals surface area contributed by atoms with Crippen LogP contribution in [0.2, 0.25) is 0 Å². The van der Waals surface area contributed by atoms with Gasteiger partial charge in [0.15, 0.2) is 0 Å². The van der Waals surface area contributed by atoms with Crippen LogP contribution in [0.3, 0.4) is 0 Å². The monoisotopic (exact) mass is 527 g/mol. The molecule has 202 valence electrons. The highest BCUT2D eigenvalue weighted by atomic mass is 16.6. The van der Waals surface area contributed by atoms with Gasteiger partial charge in [-0.2, -0.15) is 5.10 Å². The topological polar surface area (TPSA) is 116 Å². The second-order valence-electron chi connectivity index (χ2n) is 10.5. The molecule has 10 heteroatoms. The molecule has 2 fully saturated rings. The molecule has 4 aromatic rings. The number of nitrogens with two attached hydrogens (primary N) is 1. The predicted octanol–water partition coefficient (Wildman–Crippen LogP) is 5.11. The number of pyridine rings is 1. The molecule has 0 atom stereocenters. The highest BCUT2D eigenvalue weighted by Crippen LogP contribution is 2.38. The van der Waals surface area contributed by atoms with Crippen LogP contribution in [0.25, 0.3) is 22.2 Å². The van der Waals surface area contributed by atoms with E-state index in [1.165, 1.54) is 18.9 Å². The number of nitrogens with zero attached hydrogens (tertiary/aromatic N) is 6. The maximum atomic E-state index is 11.3. The molecule has 2 aromatic carbocycles. The summed E-state index contributed by atoms with van der Waals surface area (Å²) < 4.78 is 7.98. The van der Waals surface area contributed by atoms with Gasteiger partial charge in [0.2, 0.25) is 5.75 Å². The van der Waals surface area contributed by atoms with Gasteiger partial charge in [-0.1, -0.05) is 12.1 Å². The van der Waals surface area contributed by atoms with Gasteiger partial charge in [-0.3, -0.25) is 19.7 Å². The Bertz CT molecular complexity index is 1470. The van der Waals surface area contributed by atoms with Crippen molar-refractivity contribution in [2.75, 3.05) is 39.0 Å². The van der Waals surface area contributed by atoms with Gasteiger partial charge in [0, 0.05) is 50.0 Å². The number of aromatic nitrogens is 3. The lowest BCUT2D eigenvalue weighted by molar-refractivity contribution is -0.385. The van der Waals surface area contributed by atoms with Crippen molar-refractivity contribution >= 4 is 22.4 Å². The molecule has 1 aliphatic heterocycles. The molecule has 2 aliphatic rings. The van der Waals surface area contributed by atoms with E-state index in [1.807, 2.05) is 18.2 Å². The second-order valence-corrected chi connectivity index (χ2v) is 10.5. The van der Waals surface area contributed by atoms with Gasteiger partial charge in [0.05, 0.1) is 21.9 Å². The standard InChI is InChI=1S/C29H33N7O3/c1-33-16-18-34(19-17-33)21-8-10-22(11-9-21)35-25-14-15-31-29(30)27(25)28(32-35)20-6-12-23(13-7-20)39-26-5-3-2-4-24(26)36(37)38/h2-7,12-15,21-22H,8-11,16-19H2,1H3,(H2,30,31). The second kappa shape index (κ2) is 10.6. The average molecular weight is 528 g/mol. The van der Waals surface area contributed by atoms with Gasteiger partial charge in [-0.25, -0.2) is 4.98 Å². The van der Waals surface area contributed by atoms with Crippen LogP contribution in [0.5, 0.6) is 11.5 Å². The Balaban J connectivity index is 1.24. The molecule has 0 spiro atoms. The summed E-state index contributed by atoms with van der Waals surface area (Å²) in [5, 5.41) is 17.3. The number of fused-ring (bicyclic) bond motifs is 1. The third kappa shape index (κ3) is 5.05. The third-order valence-electron chi connectivity index (χ3n) is 8.13. The molecule has 0 unspecified atom stereocenters. The first kappa shape index (κ1) is 25.3. The van der Waals surface area contributed by atoms with Crippen molar-refractivity contribution in [3.05, 3.63) is 70.9 Å². The van der Waals surface area contributed by atoms with Crippen LogP contribution in [-0.2, 0) is 0 Å². The number of anilines is 1. The molecule has 0 bridgehead atoms. The molecule has 10 nitrogen and oxygen atoms in total. The van der Waals surface area contributed by atoms with Crippen molar-refractivity contribution < 1.29 is 9.66 Å². The van der Waals surface area contributed by atoms with Crippen LogP contribution < -0.4 is 10.5 Å². The quantitative estimate of drug-likeness (QED) is 0.272. The van der Waals surface area contributed by atoms with E-state index in [1.54, 1.807) is 36.5 Å². The fourth-order valence-electron chi connectivity index (χ4n) is 5.95. The predicted molar refractivity (Wildman–Crippen MR) is 151 cm³/mol. The van der Waals surface area contributed by atoms with E-state index in [4.69, 9.17) is 15.6 Å². The largest absolute Gasteiger partial charge is 0.450 e. The van der Waals surface area contributed by atoms with Crippen molar-refractivity contribution in [3.63, 3.8) is 0 Å². The zero-order chi connectivity index (χ0) is 26.9. The Labute approximate surface area is 227 Å². The number of ether oxygens (including phenoxy) is 1. The van der Waals surface area contributed by atoms with Crippen molar-refractivity contribution in [3.8, 4) is 22.8 Å². The van der Waals surface area contributed by atoms with Gasteiger partial charge in [-0.15, -0.1) is 0 Å². The molecule has 0 radical (unpaired) electrons. The van der Waals surface area contributed by atoms with Gasteiger partial charge < -0.3 is 15.4 Å². The highest BCUT2D eigenvalue weighted by molar-refractivity contribution is 6.00. The number of rotatable bonds is 6. The van der Waals surface area contributed by atoms with Crippen molar-refractivity contribution in [1.29, 1.82) is 0 Å². The molecular formula is C29H33N7O3. The normalized spacial score (nSPS) is 20.7. The summed E-state index contributed by atoms with van der Waals surface area (Å²) in [6.07, 6.45) is 6.25. The van der Waals surface area contributed by atoms with E-state index in [9.17, 15) is 10.1 Å². The van der Waals surface area contributed by atoms with Crippen molar-refractivity contribution in [2.45, 2.75) is 37.8 Å². The number of hydrogen-bond acceptors (Lipinski definition) is 8. The van der Waals surface area contributed by atoms with Crippen LogP contribution in [-0.4, -0.2) is 68.8 Å². The number of nitro benzene ring substituents is 1. The molecule has 2 N–H and O–H groups in total. The summed E-state index contributed by atoms with van der Waals surface area (Å²) in [7, 11) is 2.20. The Kier molecular flexibility index (Phi) is 6.88. The number of hydrogen-bond donors (Lipinski definition) is 1. The van der Waals surface area contributed by atoms with E-state index in [2.05, 4.69) is 26.5 Å². The minimum absolute atomic E-state index is 0.0764. The van der Waals surface area contributed by atoms with Crippen LogP contribution >= 0.6 is 0 Å². The van der Waals surface area contributed by atoms with Gasteiger partial charge in [0.1, 0.15) is 17.3 Å². The first-order valence-electron chi connectivity index (χ1n) is 13.5. The Morgan fingerprint density at radius 1 is 0.949 bits per heavy atom. The zero-order valence-corrected chi connectivity index (χ0v) is 22.1. The van der Waals surface area contributed by atoms with Crippen molar-refractivity contribution in [1.82, 2.24) is 24.6 Å². The number of piperazine rings is 1. The SMILES string of the molecule is CN1CCN(C2CCC(n3nc(-c4ccc(Oc5ccccc5[N+](=O)[O-])cc4)c4c(N)nccc43)CC2)CC1. The first-order chi connectivity index (χ1) is 19.0. The van der Waals surface area contributed by atoms with E-state index in [0.29, 0.717) is 23.7 Å². The molecule has 6 rings (SSSR count). The van der Waals surface area contributed by atoms with Crippen molar-refractivity contribution in [2.24, 2.45) is 0 Å². The summed E-state index contributed by atoms with van der Waals surface area (Å²) in [5.41, 5.74) is 8.98. The van der Waals surface area contributed by atoms with Gasteiger partial charge >= 0.3 is 5.69 Å². The summed E-state index contributed by atoms with van der Waals surface area (Å²) >= 11 is 0. The van der Waals surface area contributed by atoms with E-state index < -0.39 is 4.92 Å². The van der Waals surface area contributed by atoms with Crippen LogP contribution in [0.4, 0.5) is 11.5 Å². The molecular weight excluding hydrogens is 494 g/mol. The van der Waals surface area contributed by atoms with Crippen LogP contribution in [0, 0.1) is 10.1 Å². The number of nitrogen functional groups attached to an aromatic ring is 1. The van der Waals surface area contributed by atoms with Gasteiger partial charge in [0.25, 0.3) is 0 Å². The molecule has 3 heterocycles. The van der Waals surface area contributed by atoms with E-state index in [-0.39, 0.29) is 11.4 Å². The van der Waals surface area contributed by atoms with E-state index in [0.717, 1.165) is 61.2 Å². The molecule has 2 aromatic heterocycles. The number of benzene rings is 2. The maximum Gasteiger partial charge on any atom is 0.311 e. The van der Waals surface area contributed by atoms with Gasteiger partial charge in [-0.05, 0) is 69.1 Å². The lowest BCUT2D eigenvalue weighted by atomic mass is 9.89. The van der Waals surface area contributed by atoms with E-state index >= 15 is 0 Å². The summed E-state index contributed by atoms with van der Waals surface area (Å²) in [5.74, 6) is 1.16. The highest BCUT2D eigenvalue weighted by Gasteiger charge is 2.30. The molecule has 1 aliphatic carbocycles. The van der Waals surface area contributed by atoms with Crippen LogP contribution in [0.1, 0.15) is 31.7 Å². The average Bonchev–Trinajstić information content (AvgIpc) is 3.35. The molecule has 1 saturated carbocycles. The maximum absolute atomic E-state index is 11.3. The first-order valence-corrected chi connectivity index (χ1v) is 13.5. The molecule has 39 heavy (non-hydrogen) atoms. The minimum atomic E-state index is -0.448. The minimum Gasteiger partial charge on any atom is -0.450 e. The zero-order valence-electron chi connectivity index (χ0n) is 22.1. The lowest BCUT2D eigenvalue weighted by Crippen LogP contribution is -2.49. The number of likely N-dealkylation sites (N-methyl/N-ethyl adjacent to an activating group) is 1. The Morgan fingerprint density at radius 3 is 2.36 bits per heavy atom. The molecule has 0 amide bonds. The number of para-hydroxylation sites is 2. The summed E-state index contributed by atoms with van der Waals surface area (Å²) in [6, 6.07) is 16.7. The molecule has 1 saturated heterocycles. The third-order valence-corrected chi connectivity index (χ3v) is 8.13. The Hall–Kier alpha value is -4.02. The lowest BCUT2D eigenvalue weighted by Gasteiger charge is -2.41. The van der Waals surface area contributed by atoms with Crippen LogP contribution in [0.15, 0.2) is 60.8 Å². The fraction of sp³-hybridized carbons (Fsp3) is 0.379. The Morgan fingerprint density at radius 2 is 1.64 bits per heavy atom. The fourth-order valence-corrected chi connectivity index (χ4v) is 5.95. The summed E-state index contributed by atoms with van der Waals surface area (Å²) in [4.78, 5) is 20.3. The smallest absolute Gasteiger partial charge is 0.311 e.